The molecule has 0 saturated heterocycles. The summed E-state index contributed by atoms with van der Waals surface area (Å²) in [6, 6.07) is 2.86. The first-order valence-electron chi connectivity index (χ1n) is 5.55. The third-order valence-electron chi connectivity index (χ3n) is 2.34. The van der Waals surface area contributed by atoms with Gasteiger partial charge in [0.15, 0.2) is 0 Å². The number of rotatable bonds is 4. The molecule has 0 aromatic carbocycles. The quantitative estimate of drug-likeness (QED) is 0.823. The first-order chi connectivity index (χ1) is 8.30. The number of hydrogen-bond acceptors (Lipinski definition) is 3. The van der Waals surface area contributed by atoms with Crippen LogP contribution in [-0.2, 0) is 9.59 Å². The second-order valence-corrected chi connectivity index (χ2v) is 5.97. The predicted molar refractivity (Wildman–Crippen MR) is 72.4 cm³/mol. The van der Waals surface area contributed by atoms with Crippen LogP contribution in [0.4, 0.5) is 0 Å². The maximum atomic E-state index is 11.6. The number of carboxylic acid groups (broad SMARTS) is 1. The molecule has 2 N–H and O–H groups in total. The Morgan fingerprint density at radius 3 is 2.56 bits per heavy atom. The van der Waals surface area contributed by atoms with E-state index in [1.165, 1.54) is 17.4 Å². The molecule has 98 valence electrons. The fraction of sp³-hybridized carbons (Fsp3) is 0.385. The van der Waals surface area contributed by atoms with Gasteiger partial charge in [-0.1, -0.05) is 26.8 Å². The average molecular weight is 267 g/mol. The van der Waals surface area contributed by atoms with Crippen LogP contribution in [0, 0.1) is 5.41 Å². The van der Waals surface area contributed by atoms with Crippen molar-refractivity contribution in [3.63, 3.8) is 0 Å². The van der Waals surface area contributed by atoms with E-state index in [1.54, 1.807) is 26.8 Å². The lowest BCUT2D eigenvalue weighted by molar-refractivity contribution is -0.144. The fourth-order valence-corrected chi connectivity index (χ4v) is 2.00. The summed E-state index contributed by atoms with van der Waals surface area (Å²) in [5.41, 5.74) is -0.529. The zero-order valence-electron chi connectivity index (χ0n) is 10.6. The minimum absolute atomic E-state index is 0.397. The topological polar surface area (TPSA) is 66.4 Å². The molecule has 1 amide bonds. The van der Waals surface area contributed by atoms with Gasteiger partial charge in [-0.2, -0.15) is 0 Å². The Hall–Kier alpha value is -1.62. The predicted octanol–water partition coefficient (Wildman–Crippen LogP) is 2.38. The Bertz CT molecular complexity index is 443. The van der Waals surface area contributed by atoms with Crippen LogP contribution in [0.5, 0.6) is 0 Å². The van der Waals surface area contributed by atoms with Crippen molar-refractivity contribution in [1.82, 2.24) is 5.32 Å². The summed E-state index contributed by atoms with van der Waals surface area (Å²) in [6.07, 6.45) is 3.02. The molecule has 4 nitrogen and oxygen atoms in total. The molecule has 0 aliphatic heterocycles. The van der Waals surface area contributed by atoms with E-state index in [0.29, 0.717) is 0 Å². The minimum atomic E-state index is -1.03. The molecule has 0 bridgehead atoms. The number of thiophene rings is 1. The van der Waals surface area contributed by atoms with Gasteiger partial charge in [0.25, 0.3) is 0 Å². The summed E-state index contributed by atoms with van der Waals surface area (Å²) in [7, 11) is 0. The van der Waals surface area contributed by atoms with E-state index in [4.69, 9.17) is 5.11 Å². The smallest absolute Gasteiger partial charge is 0.326 e. The standard InChI is InChI=1S/C13H17NO3S/c1-13(2,3)11(12(16)17)14-10(15)7-6-9-5-4-8-18-9/h4-8,11H,1-3H3,(H,14,15)(H,16,17)/b7-6+/t11-/m1/s1. The molecule has 1 rings (SSSR count). The molecular formula is C13H17NO3S. The third kappa shape index (κ3) is 4.33. The van der Waals surface area contributed by atoms with Crippen LogP contribution in [0.1, 0.15) is 25.6 Å². The van der Waals surface area contributed by atoms with Crippen LogP contribution in [0.15, 0.2) is 23.6 Å². The summed E-state index contributed by atoms with van der Waals surface area (Å²) < 4.78 is 0. The van der Waals surface area contributed by atoms with E-state index in [0.717, 1.165) is 4.88 Å². The molecule has 0 aliphatic rings. The van der Waals surface area contributed by atoms with Gasteiger partial charge in [0.2, 0.25) is 5.91 Å². The molecule has 5 heteroatoms. The summed E-state index contributed by atoms with van der Waals surface area (Å²) in [5, 5.41) is 13.5. The number of amides is 1. The van der Waals surface area contributed by atoms with Crippen LogP contribution in [0.3, 0.4) is 0 Å². The van der Waals surface area contributed by atoms with Crippen LogP contribution in [0.2, 0.25) is 0 Å². The number of carboxylic acids is 1. The third-order valence-corrected chi connectivity index (χ3v) is 3.18. The summed E-state index contributed by atoms with van der Waals surface area (Å²) >= 11 is 1.51. The highest BCUT2D eigenvalue weighted by Gasteiger charge is 2.31. The lowest BCUT2D eigenvalue weighted by Gasteiger charge is -2.27. The van der Waals surface area contributed by atoms with E-state index in [2.05, 4.69) is 5.32 Å². The zero-order valence-corrected chi connectivity index (χ0v) is 11.5. The molecule has 0 spiro atoms. The second kappa shape index (κ2) is 5.82. The SMILES string of the molecule is CC(C)(C)[C@H](NC(=O)/C=C/c1cccs1)C(=O)O. The van der Waals surface area contributed by atoms with E-state index in [9.17, 15) is 9.59 Å². The molecule has 0 fully saturated rings. The first kappa shape index (κ1) is 14.4. The van der Waals surface area contributed by atoms with Gasteiger partial charge in [0.1, 0.15) is 6.04 Å². The number of hydrogen-bond donors (Lipinski definition) is 2. The first-order valence-corrected chi connectivity index (χ1v) is 6.43. The normalized spacial score (nSPS) is 13.5. The van der Waals surface area contributed by atoms with Crippen molar-refractivity contribution in [3.8, 4) is 0 Å². The molecule has 1 atom stereocenters. The van der Waals surface area contributed by atoms with E-state index in [-0.39, 0.29) is 0 Å². The molecule has 0 radical (unpaired) electrons. The Morgan fingerprint density at radius 1 is 1.44 bits per heavy atom. The summed E-state index contributed by atoms with van der Waals surface area (Å²) in [6.45, 7) is 5.32. The van der Waals surface area contributed by atoms with Crippen molar-refractivity contribution in [3.05, 3.63) is 28.5 Å². The van der Waals surface area contributed by atoms with E-state index in [1.807, 2.05) is 17.5 Å². The Labute approximate surface area is 110 Å². The average Bonchev–Trinajstić information content (AvgIpc) is 2.73. The molecule has 0 aliphatic carbocycles. The Morgan fingerprint density at radius 2 is 2.11 bits per heavy atom. The van der Waals surface area contributed by atoms with Crippen LogP contribution in [-0.4, -0.2) is 23.0 Å². The van der Waals surface area contributed by atoms with Gasteiger partial charge in [0.05, 0.1) is 0 Å². The Balaban J connectivity index is 2.66. The van der Waals surface area contributed by atoms with Crippen molar-refractivity contribution in [2.75, 3.05) is 0 Å². The van der Waals surface area contributed by atoms with Crippen molar-refractivity contribution in [1.29, 1.82) is 0 Å². The Kier molecular flexibility index (Phi) is 4.67. The molecule has 0 saturated carbocycles. The summed E-state index contributed by atoms with van der Waals surface area (Å²) in [5.74, 6) is -1.42. The molecule has 18 heavy (non-hydrogen) atoms. The highest BCUT2D eigenvalue weighted by atomic mass is 32.1. The number of nitrogens with one attached hydrogen (secondary N) is 1. The number of carbonyl (C=O) groups is 2. The van der Waals surface area contributed by atoms with Gasteiger partial charge in [-0.15, -0.1) is 11.3 Å². The minimum Gasteiger partial charge on any atom is -0.480 e. The molecule has 0 unspecified atom stereocenters. The number of aliphatic carboxylic acids is 1. The molecule has 1 aromatic rings. The van der Waals surface area contributed by atoms with Crippen molar-refractivity contribution >= 4 is 29.3 Å². The lowest BCUT2D eigenvalue weighted by atomic mass is 9.87. The zero-order chi connectivity index (χ0) is 13.8. The highest BCUT2D eigenvalue weighted by molar-refractivity contribution is 7.10. The molecule has 1 heterocycles. The van der Waals surface area contributed by atoms with Crippen molar-refractivity contribution in [2.45, 2.75) is 26.8 Å². The largest absolute Gasteiger partial charge is 0.480 e. The van der Waals surface area contributed by atoms with Crippen LogP contribution in [0.25, 0.3) is 6.08 Å². The van der Waals surface area contributed by atoms with Crippen molar-refractivity contribution < 1.29 is 14.7 Å². The molecular weight excluding hydrogens is 250 g/mol. The molecule has 1 aromatic heterocycles. The van der Waals surface area contributed by atoms with Gasteiger partial charge < -0.3 is 10.4 Å². The van der Waals surface area contributed by atoms with Gasteiger partial charge in [-0.25, -0.2) is 4.79 Å². The van der Waals surface area contributed by atoms with Crippen LogP contribution < -0.4 is 5.32 Å². The lowest BCUT2D eigenvalue weighted by Crippen LogP contribution is -2.48. The maximum Gasteiger partial charge on any atom is 0.326 e. The summed E-state index contributed by atoms with van der Waals surface area (Å²) in [4.78, 5) is 23.7. The van der Waals surface area contributed by atoms with Gasteiger partial charge in [0, 0.05) is 11.0 Å². The van der Waals surface area contributed by atoms with E-state index < -0.39 is 23.3 Å². The fourth-order valence-electron chi connectivity index (χ4n) is 1.38. The maximum absolute atomic E-state index is 11.6. The second-order valence-electron chi connectivity index (χ2n) is 4.99. The van der Waals surface area contributed by atoms with Crippen LogP contribution >= 0.6 is 11.3 Å². The van der Waals surface area contributed by atoms with Gasteiger partial charge in [-0.3, -0.25) is 4.79 Å². The van der Waals surface area contributed by atoms with Crippen molar-refractivity contribution in [2.24, 2.45) is 5.41 Å². The van der Waals surface area contributed by atoms with Gasteiger partial charge in [-0.05, 0) is 22.9 Å². The number of carbonyl (C=O) groups excluding carboxylic acids is 1. The monoisotopic (exact) mass is 267 g/mol. The highest BCUT2D eigenvalue weighted by Crippen LogP contribution is 2.19. The van der Waals surface area contributed by atoms with E-state index >= 15 is 0 Å². The van der Waals surface area contributed by atoms with Gasteiger partial charge >= 0.3 is 5.97 Å².